The minimum atomic E-state index is -4.73. The van der Waals surface area contributed by atoms with Crippen molar-refractivity contribution >= 4 is 36.6 Å². The van der Waals surface area contributed by atoms with E-state index >= 15 is 0 Å². The summed E-state index contributed by atoms with van der Waals surface area (Å²) in [5.41, 5.74) is 9.97. The zero-order valence-electron chi connectivity index (χ0n) is 27.8. The van der Waals surface area contributed by atoms with Crippen molar-refractivity contribution in [2.45, 2.75) is 109 Å². The predicted molar refractivity (Wildman–Crippen MR) is 172 cm³/mol. The van der Waals surface area contributed by atoms with Crippen LogP contribution in [0.2, 0.25) is 0 Å². The minimum absolute atomic E-state index is 0. The molecule has 15 nitrogen and oxygen atoms in total. The summed E-state index contributed by atoms with van der Waals surface area (Å²) in [6, 6.07) is 0. The first-order valence-electron chi connectivity index (χ1n) is 15.9. The van der Waals surface area contributed by atoms with Crippen molar-refractivity contribution in [3.63, 3.8) is 0 Å². The quantitative estimate of drug-likeness (QED) is 0.0383. The van der Waals surface area contributed by atoms with E-state index in [1.807, 2.05) is 5.09 Å². The van der Waals surface area contributed by atoms with Crippen molar-refractivity contribution in [1.82, 2.24) is 24.6 Å². The molecule has 1 aliphatic rings. The monoisotopic (exact) mass is 689 g/mol. The van der Waals surface area contributed by atoms with Crippen LogP contribution in [-0.2, 0) is 23.4 Å². The van der Waals surface area contributed by atoms with Gasteiger partial charge in [0.25, 0.3) is 0 Å². The molecule has 3 heterocycles. The Morgan fingerprint density at radius 3 is 2.49 bits per heavy atom. The van der Waals surface area contributed by atoms with Gasteiger partial charge in [-0.05, 0) is 45.4 Å². The number of imidazole rings is 1. The number of aliphatic hydroxyl groups excluding tert-OH is 1. The first kappa shape index (κ1) is 41.3. The zero-order chi connectivity index (χ0) is 33.6. The van der Waals surface area contributed by atoms with E-state index < -0.39 is 50.9 Å². The van der Waals surface area contributed by atoms with Crippen LogP contribution in [0.3, 0.4) is 0 Å². The number of esters is 1. The van der Waals surface area contributed by atoms with Crippen LogP contribution < -0.4 is 51.0 Å². The van der Waals surface area contributed by atoms with E-state index in [2.05, 4.69) is 46.2 Å². The number of nitrogens with zero attached hydrogens (tertiary/aromatic N) is 4. The molecular formula is C30H49N7NaO8P. The first-order valence-corrected chi connectivity index (χ1v) is 17.5. The molecule has 2 aromatic rings. The number of carbonyl (C=O) groups excluding carboxylic acids is 1. The largest absolute Gasteiger partial charge is 1.00 e. The molecule has 17 heteroatoms. The van der Waals surface area contributed by atoms with E-state index in [1.54, 1.807) is 0 Å². The van der Waals surface area contributed by atoms with Crippen LogP contribution in [0.1, 0.15) is 90.7 Å². The van der Waals surface area contributed by atoms with Crippen LogP contribution in [-0.4, -0.2) is 73.3 Å². The Balaban J connectivity index is 0.00000768. The molecule has 0 saturated carbocycles. The van der Waals surface area contributed by atoms with Gasteiger partial charge in [-0.15, -0.1) is 0 Å². The molecule has 1 saturated heterocycles. The van der Waals surface area contributed by atoms with Crippen LogP contribution in [0, 0.1) is 0 Å². The Bertz CT molecular complexity index is 1360. The molecule has 0 radical (unpaired) electrons. The van der Waals surface area contributed by atoms with Crippen LogP contribution in [0.5, 0.6) is 0 Å². The topological polar surface area (TPSA) is 233 Å². The van der Waals surface area contributed by atoms with Crippen LogP contribution in [0.15, 0.2) is 30.6 Å². The fourth-order valence-corrected chi connectivity index (χ4v) is 5.79. The number of hydrogen-bond donors (Lipinski definition) is 5. The van der Waals surface area contributed by atoms with E-state index in [0.717, 1.165) is 44.9 Å². The third kappa shape index (κ3) is 13.1. The molecule has 1 fully saturated rings. The van der Waals surface area contributed by atoms with Gasteiger partial charge in [-0.3, -0.25) is 13.9 Å². The molecule has 0 aliphatic carbocycles. The summed E-state index contributed by atoms with van der Waals surface area (Å²) < 4.78 is 29.5. The molecule has 3 rings (SSSR count). The number of anilines is 2. The van der Waals surface area contributed by atoms with Gasteiger partial charge in [0, 0.05) is 0 Å². The van der Waals surface area contributed by atoms with Crippen LogP contribution in [0.4, 0.5) is 11.8 Å². The molecule has 47 heavy (non-hydrogen) atoms. The van der Waals surface area contributed by atoms with Gasteiger partial charge in [0.1, 0.15) is 29.9 Å². The van der Waals surface area contributed by atoms with E-state index in [1.165, 1.54) is 37.1 Å². The van der Waals surface area contributed by atoms with Crippen molar-refractivity contribution < 1.29 is 68.0 Å². The van der Waals surface area contributed by atoms with Gasteiger partial charge in [0.15, 0.2) is 17.7 Å². The zero-order valence-corrected chi connectivity index (χ0v) is 30.6. The normalized spacial score (nSPS) is 22.6. The molecule has 5 atom stereocenters. The Morgan fingerprint density at radius 1 is 1.13 bits per heavy atom. The fraction of sp³-hybridized carbons (Fsp3) is 0.667. The molecule has 0 spiro atoms. The first-order chi connectivity index (χ1) is 22.0. The Labute approximate surface area is 298 Å². The smallest absolute Gasteiger partial charge is 0.766 e. The molecule has 1 aliphatic heterocycles. The number of aliphatic hydroxyl groups is 2. The average Bonchev–Trinajstić information content (AvgIpc) is 3.52. The summed E-state index contributed by atoms with van der Waals surface area (Å²) in [6.45, 7) is 2.45. The predicted octanol–water partition coefficient (Wildman–Crippen LogP) is 0.0452. The summed E-state index contributed by atoms with van der Waals surface area (Å²) in [5, 5.41) is 23.7. The van der Waals surface area contributed by atoms with Crippen LogP contribution >= 0.6 is 7.75 Å². The summed E-state index contributed by atoms with van der Waals surface area (Å²) >= 11 is 0. The molecular weight excluding hydrogens is 640 g/mol. The maximum absolute atomic E-state index is 12.4. The third-order valence-corrected chi connectivity index (χ3v) is 8.69. The number of allylic oxidation sites excluding steroid dienone is 4. The van der Waals surface area contributed by atoms with Gasteiger partial charge < -0.3 is 40.6 Å². The molecule has 7 N–H and O–H groups in total. The van der Waals surface area contributed by atoms with Crippen molar-refractivity contribution in [3.05, 3.63) is 30.6 Å². The number of nitrogens with one attached hydrogen (secondary N) is 1. The van der Waals surface area contributed by atoms with E-state index in [9.17, 15) is 24.5 Å². The summed E-state index contributed by atoms with van der Waals surface area (Å²) in [4.78, 5) is 36.4. The third-order valence-electron chi connectivity index (χ3n) is 7.66. The van der Waals surface area contributed by atoms with Gasteiger partial charge >= 0.3 is 35.5 Å². The van der Waals surface area contributed by atoms with E-state index in [-0.39, 0.29) is 59.1 Å². The maximum Gasteiger partial charge on any atom is 1.00 e. The van der Waals surface area contributed by atoms with E-state index in [4.69, 9.17) is 25.5 Å². The second-order valence-corrected chi connectivity index (χ2v) is 13.1. The van der Waals surface area contributed by atoms with Crippen molar-refractivity contribution in [3.8, 4) is 0 Å². The summed E-state index contributed by atoms with van der Waals surface area (Å²) in [6.07, 6.45) is 18.0. The minimum Gasteiger partial charge on any atom is -0.766 e. The molecule has 0 amide bonds. The van der Waals surface area contributed by atoms with Crippen molar-refractivity contribution in [1.29, 1.82) is 0 Å². The van der Waals surface area contributed by atoms with Gasteiger partial charge in [-0.2, -0.15) is 9.97 Å². The van der Waals surface area contributed by atoms with Crippen molar-refractivity contribution in [2.75, 3.05) is 31.2 Å². The van der Waals surface area contributed by atoms with Gasteiger partial charge in [-0.25, -0.2) is 10.1 Å². The van der Waals surface area contributed by atoms with Gasteiger partial charge in [0.05, 0.1) is 19.5 Å². The molecule has 1 unspecified atom stereocenters. The molecule has 0 aromatic carbocycles. The second kappa shape index (κ2) is 20.6. The standard InChI is InChI=1S/C30H50N7O8P.Na/c1-3-4-5-6-7-8-9-10-11-12-13-14-15-16-17-18-43-23(38)19-34-46(41,42)44-20-22-25(39)30(2,40)28(45-22)37-21-33-24-26(31)35-29(32)36-27(24)37;/h7-8,10-11,21-22,25,28,39-40H,3-6,9,12-20H2,1-2H3,(H2,34,41,42)(H4,31,32,35,36);/q;+1/p-1/b8-7-,11-10-;/t22-,25+,28-,30+;/m1./s1. The number of fused-ring (bicyclic) bond motifs is 1. The number of aromatic nitrogens is 4. The summed E-state index contributed by atoms with van der Waals surface area (Å²) in [5.74, 6) is -0.855. The summed E-state index contributed by atoms with van der Waals surface area (Å²) in [7, 11) is -4.73. The Morgan fingerprint density at radius 2 is 1.79 bits per heavy atom. The SMILES string of the molecule is CCCCC/C=C\C/C=C\CCCCCCCOC(=O)CNP(=O)([O-])OC[C@H]1O[C@@H](n2cnc3c(N)nc(N)nc32)[C@@](C)(O)[C@H]1O.[Na+]. The second-order valence-electron chi connectivity index (χ2n) is 11.6. The molecule has 258 valence electrons. The van der Waals surface area contributed by atoms with Crippen molar-refractivity contribution in [2.24, 2.45) is 0 Å². The number of rotatable bonds is 21. The number of nitrogens with two attached hydrogens (primary N) is 2. The van der Waals surface area contributed by atoms with E-state index in [0.29, 0.717) is 6.42 Å². The Kier molecular flexibility index (Phi) is 18.1. The number of unbranched alkanes of at least 4 members (excludes halogenated alkanes) is 8. The average molecular weight is 690 g/mol. The van der Waals surface area contributed by atoms with Gasteiger partial charge in [-0.1, -0.05) is 63.3 Å². The van der Waals surface area contributed by atoms with Gasteiger partial charge in [0.2, 0.25) is 13.7 Å². The number of carbonyl (C=O) groups is 1. The molecule has 0 bridgehead atoms. The number of hydrogen-bond acceptors (Lipinski definition) is 13. The molecule has 2 aromatic heterocycles. The number of ether oxygens (including phenoxy) is 2. The Hall–Kier alpha value is -1.91. The maximum atomic E-state index is 12.4. The number of nitrogen functional groups attached to an aromatic ring is 2. The van der Waals surface area contributed by atoms with Crippen LogP contribution in [0.25, 0.3) is 11.2 Å². The fourth-order valence-electron chi connectivity index (χ4n) is 5.03.